The van der Waals surface area contributed by atoms with E-state index in [0.29, 0.717) is 23.9 Å². The second-order valence-corrected chi connectivity index (χ2v) is 19.8. The minimum Gasteiger partial charge on any atom is -0.545 e. The van der Waals surface area contributed by atoms with Crippen molar-refractivity contribution in [3.63, 3.8) is 0 Å². The minimum absolute atomic E-state index is 0.138. The highest BCUT2D eigenvalue weighted by Gasteiger charge is 2.22. The summed E-state index contributed by atoms with van der Waals surface area (Å²) < 4.78 is 22.6. The van der Waals surface area contributed by atoms with Crippen molar-refractivity contribution >= 4 is 17.9 Å². The Hall–Kier alpha value is -4.31. The van der Waals surface area contributed by atoms with E-state index in [1.807, 2.05) is 21.1 Å². The topological polar surface area (TPSA) is 111 Å². The maximum absolute atomic E-state index is 12.9. The summed E-state index contributed by atoms with van der Waals surface area (Å²) in [5.41, 5.74) is 0. The number of allylic oxidation sites excluding steroid dienone is 20. The van der Waals surface area contributed by atoms with Gasteiger partial charge in [0.15, 0.2) is 12.4 Å². The molecule has 0 aromatic rings. The number of carbonyl (C=O) groups is 3. The number of hydrogen-bond acceptors (Lipinski definition) is 8. The summed E-state index contributed by atoms with van der Waals surface area (Å²) in [5.74, 6) is -2.32. The summed E-state index contributed by atoms with van der Waals surface area (Å²) in [5, 5.41) is 11.8. The Kier molecular flexibility index (Phi) is 50.8. The van der Waals surface area contributed by atoms with Crippen molar-refractivity contribution in [2.24, 2.45) is 0 Å². The van der Waals surface area contributed by atoms with Crippen LogP contribution in [0.3, 0.4) is 0 Å². The van der Waals surface area contributed by atoms with E-state index in [-0.39, 0.29) is 38.6 Å². The van der Waals surface area contributed by atoms with Crippen molar-refractivity contribution in [2.45, 2.75) is 219 Å². The Morgan fingerprint density at radius 2 is 0.740 bits per heavy atom. The van der Waals surface area contributed by atoms with E-state index in [1.54, 1.807) is 0 Å². The molecular weight excluding hydrogens is 911 g/mol. The van der Waals surface area contributed by atoms with Gasteiger partial charge in [0.1, 0.15) is 13.2 Å². The van der Waals surface area contributed by atoms with Crippen LogP contribution in [-0.2, 0) is 33.3 Å². The van der Waals surface area contributed by atoms with Gasteiger partial charge in [-0.25, -0.2) is 0 Å². The highest BCUT2D eigenvalue weighted by atomic mass is 16.7. The van der Waals surface area contributed by atoms with Crippen LogP contribution in [0.5, 0.6) is 0 Å². The molecular formula is C64H105NO8. The van der Waals surface area contributed by atoms with Gasteiger partial charge in [0, 0.05) is 12.8 Å². The predicted octanol–water partition coefficient (Wildman–Crippen LogP) is 15.6. The van der Waals surface area contributed by atoms with Crippen molar-refractivity contribution < 1.29 is 42.9 Å². The van der Waals surface area contributed by atoms with Crippen LogP contribution in [0.4, 0.5) is 0 Å². The molecule has 0 heterocycles. The first-order chi connectivity index (χ1) is 35.6. The van der Waals surface area contributed by atoms with Crippen molar-refractivity contribution in [3.8, 4) is 0 Å². The van der Waals surface area contributed by atoms with Crippen molar-refractivity contribution in [3.05, 3.63) is 122 Å². The number of aliphatic carboxylic acids is 1. The van der Waals surface area contributed by atoms with E-state index in [9.17, 15) is 19.5 Å². The van der Waals surface area contributed by atoms with Crippen LogP contribution < -0.4 is 5.11 Å². The van der Waals surface area contributed by atoms with Crippen LogP contribution in [0.2, 0.25) is 0 Å². The van der Waals surface area contributed by atoms with Gasteiger partial charge in [-0.05, 0) is 103 Å². The molecule has 9 nitrogen and oxygen atoms in total. The Morgan fingerprint density at radius 1 is 0.411 bits per heavy atom. The fourth-order valence-electron chi connectivity index (χ4n) is 7.35. The number of ether oxygens (including phenoxy) is 4. The van der Waals surface area contributed by atoms with Gasteiger partial charge < -0.3 is 33.3 Å². The third-order valence-corrected chi connectivity index (χ3v) is 11.7. The quantitative estimate of drug-likeness (QED) is 0.0195. The lowest BCUT2D eigenvalue weighted by molar-refractivity contribution is -0.870. The first-order valence-corrected chi connectivity index (χ1v) is 28.7. The number of rotatable bonds is 51. The molecule has 0 aromatic carbocycles. The SMILES string of the molecule is CC/C=C\C/C=C\C/C=C\C/C=C\C/C=C\C/C=C\C/C=C\CCCCCCCCCCCCCC(=O)OC(COC(=O)CCCCCCC/C=C\C/C=C\C/C=C\CC)COC(OCC[N+](C)(C)C)C(=O)[O-]. The second kappa shape index (κ2) is 54.0. The third kappa shape index (κ3) is 55.3. The zero-order valence-electron chi connectivity index (χ0n) is 47.0. The standard InChI is InChI=1S/C64H105NO8/c1-6-8-10-12-14-16-18-20-22-23-24-25-26-27-28-29-30-31-32-33-34-35-36-37-38-39-41-43-45-47-49-51-53-55-62(67)73-60(59-72-64(63(68)69)70-57-56-65(3,4)5)58-71-61(66)54-52-50-48-46-44-42-40-21-19-17-15-13-11-9-7-2/h8-11,14-17,20-22,24-25,27-28,30-31,33-34,40,60,64H,6-7,12-13,18-19,23,26,29,32,35-39,41-59H2,1-5H3/b10-8-,11-9-,16-14-,17-15-,22-20-,25-24-,28-27-,31-30-,34-33-,40-21-. The van der Waals surface area contributed by atoms with Gasteiger partial charge in [0.05, 0.1) is 40.3 Å². The van der Waals surface area contributed by atoms with Crippen LogP contribution in [0.1, 0.15) is 206 Å². The predicted molar refractivity (Wildman–Crippen MR) is 306 cm³/mol. The van der Waals surface area contributed by atoms with E-state index in [0.717, 1.165) is 122 Å². The monoisotopic (exact) mass is 1020 g/mol. The minimum atomic E-state index is -1.63. The Morgan fingerprint density at radius 3 is 1.10 bits per heavy atom. The molecule has 0 aromatic heterocycles. The summed E-state index contributed by atoms with van der Waals surface area (Å²) in [6, 6.07) is 0. The van der Waals surface area contributed by atoms with Gasteiger partial charge in [0.2, 0.25) is 0 Å². The fourth-order valence-corrected chi connectivity index (χ4v) is 7.35. The van der Waals surface area contributed by atoms with Crippen LogP contribution >= 0.6 is 0 Å². The van der Waals surface area contributed by atoms with Crippen molar-refractivity contribution in [1.29, 1.82) is 0 Å². The number of hydrogen-bond donors (Lipinski definition) is 0. The molecule has 0 saturated heterocycles. The molecule has 0 bridgehead atoms. The van der Waals surface area contributed by atoms with Crippen molar-refractivity contribution in [2.75, 3.05) is 47.5 Å². The van der Waals surface area contributed by atoms with E-state index in [1.165, 1.54) is 44.9 Å². The lowest BCUT2D eigenvalue weighted by atomic mass is 10.0. The largest absolute Gasteiger partial charge is 0.545 e. The molecule has 2 atom stereocenters. The van der Waals surface area contributed by atoms with Gasteiger partial charge in [-0.3, -0.25) is 9.59 Å². The van der Waals surface area contributed by atoms with E-state index in [2.05, 4.69) is 135 Å². The molecule has 0 aliphatic heterocycles. The van der Waals surface area contributed by atoms with Gasteiger partial charge in [-0.1, -0.05) is 212 Å². The summed E-state index contributed by atoms with van der Waals surface area (Å²) >= 11 is 0. The zero-order valence-corrected chi connectivity index (χ0v) is 47.0. The summed E-state index contributed by atoms with van der Waals surface area (Å²) in [4.78, 5) is 37.2. The van der Waals surface area contributed by atoms with Gasteiger partial charge in [-0.15, -0.1) is 0 Å². The number of nitrogens with zero attached hydrogens (tertiary/aromatic N) is 1. The molecule has 0 spiro atoms. The van der Waals surface area contributed by atoms with Crippen LogP contribution in [-0.4, -0.2) is 82.3 Å². The van der Waals surface area contributed by atoms with Crippen LogP contribution in [0, 0.1) is 0 Å². The molecule has 0 saturated carbocycles. The van der Waals surface area contributed by atoms with Crippen LogP contribution in [0.25, 0.3) is 0 Å². The number of carboxylic acids is 1. The lowest BCUT2D eigenvalue weighted by Gasteiger charge is -2.26. The summed E-state index contributed by atoms with van der Waals surface area (Å²) in [6.07, 6.45) is 72.5. The fraction of sp³-hybridized carbons (Fsp3) is 0.641. The normalized spacial score (nSPS) is 13.7. The molecule has 0 rings (SSSR count). The zero-order chi connectivity index (χ0) is 53.4. The number of unbranched alkanes of at least 4 members (excludes halogenated alkanes) is 16. The molecule has 414 valence electrons. The second-order valence-electron chi connectivity index (χ2n) is 19.8. The molecule has 9 heteroatoms. The molecule has 0 fully saturated rings. The smallest absolute Gasteiger partial charge is 0.306 e. The Bertz CT molecular complexity index is 1610. The number of quaternary nitrogens is 1. The van der Waals surface area contributed by atoms with E-state index < -0.39 is 24.3 Å². The molecule has 0 amide bonds. The number of likely N-dealkylation sites (N-methyl/N-ethyl adjacent to an activating group) is 1. The van der Waals surface area contributed by atoms with Gasteiger partial charge in [-0.2, -0.15) is 0 Å². The molecule has 0 aliphatic rings. The first kappa shape index (κ1) is 68.7. The maximum Gasteiger partial charge on any atom is 0.306 e. The highest BCUT2D eigenvalue weighted by Crippen LogP contribution is 2.15. The highest BCUT2D eigenvalue weighted by molar-refractivity contribution is 5.70. The van der Waals surface area contributed by atoms with E-state index >= 15 is 0 Å². The Balaban J connectivity index is 4.22. The van der Waals surface area contributed by atoms with Gasteiger partial charge >= 0.3 is 11.9 Å². The van der Waals surface area contributed by atoms with Crippen LogP contribution in [0.15, 0.2) is 122 Å². The van der Waals surface area contributed by atoms with E-state index in [4.69, 9.17) is 18.9 Å². The molecule has 0 radical (unpaired) electrons. The number of esters is 2. The average molecular weight is 1020 g/mol. The first-order valence-electron chi connectivity index (χ1n) is 28.7. The molecule has 0 N–H and O–H groups in total. The average Bonchev–Trinajstić information content (AvgIpc) is 3.36. The summed E-state index contributed by atoms with van der Waals surface area (Å²) in [7, 11) is 5.90. The molecule has 73 heavy (non-hydrogen) atoms. The van der Waals surface area contributed by atoms with Crippen molar-refractivity contribution in [1.82, 2.24) is 0 Å². The lowest BCUT2D eigenvalue weighted by Crippen LogP contribution is -2.44. The molecule has 0 aliphatic carbocycles. The maximum atomic E-state index is 12.9. The third-order valence-electron chi connectivity index (χ3n) is 11.7. The molecule has 2 unspecified atom stereocenters. The van der Waals surface area contributed by atoms with Gasteiger partial charge in [0.25, 0.3) is 0 Å². The number of carboxylic acid groups (broad SMARTS) is 1. The Labute approximate surface area is 447 Å². The number of carbonyl (C=O) groups excluding carboxylic acids is 3. The summed E-state index contributed by atoms with van der Waals surface area (Å²) in [6.45, 7) is 4.48.